The summed E-state index contributed by atoms with van der Waals surface area (Å²) in [6.07, 6.45) is 0.698. The quantitative estimate of drug-likeness (QED) is 0.910. The maximum absolute atomic E-state index is 12.2. The average Bonchev–Trinajstić information content (AvgIpc) is 2.98. The maximum Gasteiger partial charge on any atom is 0.410 e. The van der Waals surface area contributed by atoms with E-state index in [4.69, 9.17) is 4.74 Å². The Morgan fingerprint density at radius 2 is 2.08 bits per heavy atom. The van der Waals surface area contributed by atoms with Crippen molar-refractivity contribution in [2.45, 2.75) is 33.2 Å². The molecule has 2 heterocycles. The molecule has 0 atom stereocenters. The molecule has 7 heteroatoms. The largest absolute Gasteiger partial charge is 0.450 e. The van der Waals surface area contributed by atoms with Crippen LogP contribution < -0.4 is 5.32 Å². The Labute approximate surface area is 150 Å². The van der Waals surface area contributed by atoms with Crippen LogP contribution >= 0.6 is 11.3 Å². The molecule has 3 rings (SSSR count). The number of aromatic nitrogens is 1. The van der Waals surface area contributed by atoms with Gasteiger partial charge in [0.05, 0.1) is 25.3 Å². The highest BCUT2D eigenvalue weighted by Gasteiger charge is 2.25. The molecular weight excluding hydrogens is 338 g/mol. The molecule has 0 spiro atoms. The first-order chi connectivity index (χ1) is 12.0. The van der Waals surface area contributed by atoms with Crippen LogP contribution in [-0.4, -0.2) is 35.0 Å². The third kappa shape index (κ3) is 4.36. The van der Waals surface area contributed by atoms with Crippen LogP contribution in [0.5, 0.6) is 0 Å². The topological polar surface area (TPSA) is 71.5 Å². The Bertz CT molecular complexity index is 770. The first-order valence-electron chi connectivity index (χ1n) is 8.31. The van der Waals surface area contributed by atoms with E-state index in [0.29, 0.717) is 37.7 Å². The molecule has 0 radical (unpaired) electrons. The van der Waals surface area contributed by atoms with Gasteiger partial charge in [0.1, 0.15) is 0 Å². The number of ether oxygens (including phenoxy) is 1. The lowest BCUT2D eigenvalue weighted by Gasteiger charge is -2.24. The number of hydrogen-bond donors (Lipinski definition) is 1. The number of hydrogen-bond acceptors (Lipinski definition) is 5. The van der Waals surface area contributed by atoms with Crippen LogP contribution in [0.1, 0.15) is 28.6 Å². The molecule has 2 aromatic rings. The number of thiazole rings is 1. The van der Waals surface area contributed by atoms with Gasteiger partial charge in [0.2, 0.25) is 5.91 Å². The molecule has 25 heavy (non-hydrogen) atoms. The third-order valence-electron chi connectivity index (χ3n) is 3.99. The van der Waals surface area contributed by atoms with Crippen molar-refractivity contribution in [3.05, 3.63) is 46.0 Å². The molecule has 0 saturated heterocycles. The zero-order valence-corrected chi connectivity index (χ0v) is 15.2. The summed E-state index contributed by atoms with van der Waals surface area (Å²) in [6, 6.07) is 7.90. The number of rotatable bonds is 4. The van der Waals surface area contributed by atoms with Crippen molar-refractivity contribution in [1.29, 1.82) is 0 Å². The summed E-state index contributed by atoms with van der Waals surface area (Å²) in [5, 5.41) is 3.46. The van der Waals surface area contributed by atoms with Crippen LogP contribution in [0.4, 0.5) is 9.93 Å². The standard InChI is InChI=1S/C18H21N3O3S/c1-3-24-18(23)21-9-8-14-15(11-21)25-17(19-14)20-16(22)10-13-6-4-12(2)5-7-13/h4-7H,3,8-11H2,1-2H3,(H,19,20,22). The van der Waals surface area contributed by atoms with Gasteiger partial charge in [-0.05, 0) is 19.4 Å². The van der Waals surface area contributed by atoms with Crippen LogP contribution in [0.15, 0.2) is 24.3 Å². The fraction of sp³-hybridized carbons (Fsp3) is 0.389. The van der Waals surface area contributed by atoms with Crippen molar-refractivity contribution in [2.24, 2.45) is 0 Å². The van der Waals surface area contributed by atoms with E-state index in [9.17, 15) is 9.59 Å². The smallest absolute Gasteiger partial charge is 0.410 e. The second-order valence-corrected chi connectivity index (χ2v) is 7.05. The van der Waals surface area contributed by atoms with Gasteiger partial charge in [0, 0.05) is 17.8 Å². The molecule has 1 aliphatic heterocycles. The van der Waals surface area contributed by atoms with Crippen LogP contribution in [0.2, 0.25) is 0 Å². The van der Waals surface area contributed by atoms with Crippen molar-refractivity contribution in [3.63, 3.8) is 0 Å². The lowest BCUT2D eigenvalue weighted by molar-refractivity contribution is -0.115. The molecule has 0 bridgehead atoms. The molecule has 132 valence electrons. The highest BCUT2D eigenvalue weighted by atomic mass is 32.1. The minimum absolute atomic E-state index is 0.0859. The van der Waals surface area contributed by atoms with Crippen LogP contribution in [-0.2, 0) is 28.9 Å². The number of nitrogens with one attached hydrogen (secondary N) is 1. The number of carbonyl (C=O) groups is 2. The van der Waals surface area contributed by atoms with Gasteiger partial charge in [0.15, 0.2) is 5.13 Å². The van der Waals surface area contributed by atoms with Gasteiger partial charge in [-0.25, -0.2) is 9.78 Å². The summed E-state index contributed by atoms with van der Waals surface area (Å²) < 4.78 is 5.04. The lowest BCUT2D eigenvalue weighted by Crippen LogP contribution is -2.35. The summed E-state index contributed by atoms with van der Waals surface area (Å²) in [7, 11) is 0. The number of benzene rings is 1. The summed E-state index contributed by atoms with van der Waals surface area (Å²) in [5.41, 5.74) is 3.09. The van der Waals surface area contributed by atoms with E-state index in [1.807, 2.05) is 31.2 Å². The van der Waals surface area contributed by atoms with Crippen molar-refractivity contribution < 1.29 is 14.3 Å². The lowest BCUT2D eigenvalue weighted by atomic mass is 10.1. The van der Waals surface area contributed by atoms with E-state index in [2.05, 4.69) is 10.3 Å². The molecule has 1 aliphatic rings. The van der Waals surface area contributed by atoms with E-state index in [1.165, 1.54) is 16.9 Å². The van der Waals surface area contributed by atoms with Gasteiger partial charge in [-0.2, -0.15) is 0 Å². The van der Waals surface area contributed by atoms with Crippen LogP contribution in [0, 0.1) is 6.92 Å². The third-order valence-corrected chi connectivity index (χ3v) is 4.99. The van der Waals surface area contributed by atoms with Gasteiger partial charge in [-0.1, -0.05) is 41.2 Å². The second kappa shape index (κ2) is 7.65. The molecule has 1 N–H and O–H groups in total. The minimum atomic E-state index is -0.300. The fourth-order valence-corrected chi connectivity index (χ4v) is 3.71. The summed E-state index contributed by atoms with van der Waals surface area (Å²) in [6.45, 7) is 5.25. The van der Waals surface area contributed by atoms with Gasteiger partial charge in [-0.3, -0.25) is 4.79 Å². The van der Waals surface area contributed by atoms with Gasteiger partial charge < -0.3 is 15.0 Å². The number of amides is 2. The van der Waals surface area contributed by atoms with E-state index in [-0.39, 0.29) is 12.0 Å². The molecule has 0 fully saturated rings. The Morgan fingerprint density at radius 3 is 2.80 bits per heavy atom. The molecule has 6 nitrogen and oxygen atoms in total. The second-order valence-electron chi connectivity index (χ2n) is 5.97. The molecule has 1 aromatic carbocycles. The molecule has 0 aliphatic carbocycles. The molecule has 0 unspecified atom stereocenters. The highest BCUT2D eigenvalue weighted by Crippen LogP contribution is 2.28. The van der Waals surface area contributed by atoms with Crippen molar-refractivity contribution in [1.82, 2.24) is 9.88 Å². The predicted molar refractivity (Wildman–Crippen MR) is 96.8 cm³/mol. The zero-order valence-electron chi connectivity index (χ0n) is 14.4. The van der Waals surface area contributed by atoms with Crippen LogP contribution in [0.25, 0.3) is 0 Å². The average molecular weight is 359 g/mol. The van der Waals surface area contributed by atoms with Gasteiger partial charge in [-0.15, -0.1) is 0 Å². The SMILES string of the molecule is CCOC(=O)N1CCc2nc(NC(=O)Cc3ccc(C)cc3)sc2C1. The van der Waals surface area contributed by atoms with Crippen molar-refractivity contribution in [2.75, 3.05) is 18.5 Å². The first-order valence-corrected chi connectivity index (χ1v) is 9.12. The normalized spacial score (nSPS) is 13.3. The highest BCUT2D eigenvalue weighted by molar-refractivity contribution is 7.15. The van der Waals surface area contributed by atoms with E-state index in [1.54, 1.807) is 11.8 Å². The minimum Gasteiger partial charge on any atom is -0.450 e. The maximum atomic E-state index is 12.2. The summed E-state index contributed by atoms with van der Waals surface area (Å²) in [5.74, 6) is -0.0859. The number of fused-ring (bicyclic) bond motifs is 1. The van der Waals surface area contributed by atoms with Crippen molar-refractivity contribution in [3.8, 4) is 0 Å². The monoisotopic (exact) mass is 359 g/mol. The van der Waals surface area contributed by atoms with E-state index in [0.717, 1.165) is 16.1 Å². The van der Waals surface area contributed by atoms with E-state index < -0.39 is 0 Å². The summed E-state index contributed by atoms with van der Waals surface area (Å²) in [4.78, 5) is 31.2. The van der Waals surface area contributed by atoms with E-state index >= 15 is 0 Å². The Balaban J connectivity index is 1.60. The number of nitrogens with zero attached hydrogens (tertiary/aromatic N) is 2. The predicted octanol–water partition coefficient (Wildman–Crippen LogP) is 3.15. The zero-order chi connectivity index (χ0) is 17.8. The molecule has 0 saturated carbocycles. The Kier molecular flexibility index (Phi) is 5.33. The van der Waals surface area contributed by atoms with Crippen LogP contribution in [0.3, 0.4) is 0 Å². The molecule has 1 aromatic heterocycles. The number of anilines is 1. The number of carbonyl (C=O) groups excluding carboxylic acids is 2. The Morgan fingerprint density at radius 1 is 1.32 bits per heavy atom. The van der Waals surface area contributed by atoms with Gasteiger partial charge in [0.25, 0.3) is 0 Å². The fourth-order valence-electron chi connectivity index (χ4n) is 2.67. The molecule has 2 amide bonds. The van der Waals surface area contributed by atoms with Crippen molar-refractivity contribution >= 4 is 28.5 Å². The number of aryl methyl sites for hydroxylation is 1. The Hall–Kier alpha value is -2.41. The molecular formula is C18H21N3O3S. The summed E-state index contributed by atoms with van der Waals surface area (Å²) >= 11 is 1.42. The first kappa shape index (κ1) is 17.4. The van der Waals surface area contributed by atoms with Gasteiger partial charge >= 0.3 is 6.09 Å².